The fraction of sp³-hybridized carbons (Fsp3) is 0.333. The first-order valence-corrected chi connectivity index (χ1v) is 21.8. The summed E-state index contributed by atoms with van der Waals surface area (Å²) < 4.78 is 48.8. The Balaban J connectivity index is 0.000000296. The highest BCUT2D eigenvalue weighted by Gasteiger charge is 2.13. The molecule has 2 amide bonds. The van der Waals surface area contributed by atoms with Gasteiger partial charge in [-0.3, -0.25) is 9.13 Å². The van der Waals surface area contributed by atoms with Crippen molar-refractivity contribution in [1.29, 1.82) is 0 Å². The minimum absolute atomic E-state index is 0.112. The van der Waals surface area contributed by atoms with Crippen LogP contribution >= 0.6 is 14.7 Å². The number of aryl methyl sites for hydroxylation is 2. The Morgan fingerprint density at radius 3 is 1.64 bits per heavy atom. The summed E-state index contributed by atoms with van der Waals surface area (Å²) in [7, 11) is -4.85. The average Bonchev–Trinajstić information content (AvgIpc) is 3.14. The second-order valence-electron chi connectivity index (χ2n) is 12.8. The van der Waals surface area contributed by atoms with Crippen molar-refractivity contribution in [3.8, 4) is 17.2 Å². The van der Waals surface area contributed by atoms with Crippen LogP contribution in [0.4, 0.5) is 9.59 Å². The van der Waals surface area contributed by atoms with Gasteiger partial charge in [-0.1, -0.05) is 55.5 Å². The third-order valence-corrected chi connectivity index (χ3v) is 8.83. The van der Waals surface area contributed by atoms with Crippen LogP contribution in [0.25, 0.3) is 0 Å². The zero-order valence-corrected chi connectivity index (χ0v) is 33.4. The highest BCUT2D eigenvalue weighted by Crippen LogP contribution is 2.36. The summed E-state index contributed by atoms with van der Waals surface area (Å²) >= 11 is 0. The zero-order valence-electron chi connectivity index (χ0n) is 31.7. The lowest BCUT2D eigenvalue weighted by Gasteiger charge is -2.12. The summed E-state index contributed by atoms with van der Waals surface area (Å²) in [6.07, 6.45) is -0.891. The lowest BCUT2D eigenvalue weighted by molar-refractivity contribution is 0.138. The summed E-state index contributed by atoms with van der Waals surface area (Å²) in [6, 6.07) is 24.7. The lowest BCUT2D eigenvalue weighted by atomic mass is 10.1. The van der Waals surface area contributed by atoms with Gasteiger partial charge in [0.1, 0.15) is 30.5 Å². The smallest absolute Gasteiger partial charge is 0.407 e. The first kappa shape index (κ1) is 44.6. The highest BCUT2D eigenvalue weighted by atomic mass is 31.2. The van der Waals surface area contributed by atoms with Gasteiger partial charge in [0, 0.05) is 33.5 Å². The van der Waals surface area contributed by atoms with E-state index in [4.69, 9.17) is 23.7 Å². The van der Waals surface area contributed by atoms with E-state index >= 15 is 0 Å². The Bertz CT molecular complexity index is 1960. The number of benzene rings is 4. The number of phenolic OH excluding ortho intramolecular Hbond substituents is 1. The topological polar surface area (TPSA) is 199 Å². The van der Waals surface area contributed by atoms with Crippen molar-refractivity contribution in [2.24, 2.45) is 0 Å². The number of carbonyl (C=O) groups excluding carboxylic acids is 2. The molecule has 0 spiro atoms. The molecule has 4 aromatic carbocycles. The van der Waals surface area contributed by atoms with E-state index in [1.54, 1.807) is 67.8 Å². The van der Waals surface area contributed by atoms with Gasteiger partial charge in [0.25, 0.3) is 0 Å². The SMILES string of the molecule is CCc1cc(O)ccc1COC(=O)NCc1cccc(OCP(C)(=O)O)c1.COCc1ccc(COC(=O)NCc2cccc(OCP(C)(=O)O)c2)c(C)c1. The molecule has 2 unspecified atom stereocenters. The number of amides is 2. The van der Waals surface area contributed by atoms with E-state index in [-0.39, 0.29) is 44.7 Å². The molecule has 0 heterocycles. The second kappa shape index (κ2) is 21.9. The van der Waals surface area contributed by atoms with Crippen LogP contribution in [-0.2, 0) is 62.7 Å². The molecule has 55 heavy (non-hydrogen) atoms. The summed E-state index contributed by atoms with van der Waals surface area (Å²) in [5.41, 5.74) is 6.35. The molecule has 0 aliphatic heterocycles. The molecule has 0 aromatic heterocycles. The van der Waals surface area contributed by atoms with Gasteiger partial charge in [-0.15, -0.1) is 0 Å². The summed E-state index contributed by atoms with van der Waals surface area (Å²) in [5.74, 6) is 1.11. The Morgan fingerprint density at radius 1 is 0.655 bits per heavy atom. The van der Waals surface area contributed by atoms with Crippen LogP contribution < -0.4 is 20.1 Å². The molecular formula is C39H50N2O12P2. The van der Waals surface area contributed by atoms with Gasteiger partial charge >= 0.3 is 12.2 Å². The van der Waals surface area contributed by atoms with Crippen LogP contribution in [0.2, 0.25) is 0 Å². The molecule has 2 atom stereocenters. The molecule has 298 valence electrons. The first-order valence-electron chi connectivity index (χ1n) is 17.2. The maximum Gasteiger partial charge on any atom is 0.407 e. The largest absolute Gasteiger partial charge is 0.508 e. The predicted octanol–water partition coefficient (Wildman–Crippen LogP) is 7.42. The monoisotopic (exact) mass is 800 g/mol. The van der Waals surface area contributed by atoms with Crippen LogP contribution in [0, 0.1) is 6.92 Å². The highest BCUT2D eigenvalue weighted by molar-refractivity contribution is 7.57. The Hall–Kier alpha value is -4.84. The molecule has 16 heteroatoms. The number of alkyl carbamates (subject to hydrolysis) is 2. The minimum Gasteiger partial charge on any atom is -0.508 e. The molecule has 0 saturated carbocycles. The van der Waals surface area contributed by atoms with Crippen LogP contribution in [0.5, 0.6) is 17.2 Å². The van der Waals surface area contributed by atoms with Crippen molar-refractivity contribution < 1.29 is 57.3 Å². The minimum atomic E-state index is -3.25. The van der Waals surface area contributed by atoms with E-state index in [2.05, 4.69) is 10.6 Å². The molecule has 0 saturated heterocycles. The van der Waals surface area contributed by atoms with Crippen LogP contribution in [0.3, 0.4) is 0 Å². The van der Waals surface area contributed by atoms with Gasteiger partial charge in [-0.2, -0.15) is 0 Å². The maximum absolute atomic E-state index is 12.0. The van der Waals surface area contributed by atoms with E-state index in [0.29, 0.717) is 18.1 Å². The normalized spacial score (nSPS) is 12.9. The summed E-state index contributed by atoms with van der Waals surface area (Å²) in [4.78, 5) is 42.4. The van der Waals surface area contributed by atoms with Crippen molar-refractivity contribution in [3.63, 3.8) is 0 Å². The maximum atomic E-state index is 12.0. The first-order chi connectivity index (χ1) is 26.0. The molecule has 0 bridgehead atoms. The second-order valence-corrected chi connectivity index (χ2v) is 17.5. The molecular weight excluding hydrogens is 750 g/mol. The van der Waals surface area contributed by atoms with Crippen molar-refractivity contribution in [2.45, 2.75) is 53.2 Å². The van der Waals surface area contributed by atoms with Crippen LogP contribution in [0.15, 0.2) is 84.9 Å². The van der Waals surface area contributed by atoms with E-state index in [0.717, 1.165) is 45.4 Å². The number of rotatable bonds is 17. The van der Waals surface area contributed by atoms with Crippen molar-refractivity contribution >= 4 is 26.9 Å². The number of hydrogen-bond donors (Lipinski definition) is 5. The molecule has 0 fully saturated rings. The third-order valence-electron chi connectivity index (χ3n) is 7.62. The third kappa shape index (κ3) is 17.9. The van der Waals surface area contributed by atoms with Crippen molar-refractivity contribution in [3.05, 3.63) is 124 Å². The number of carbonyl (C=O) groups is 2. The summed E-state index contributed by atoms with van der Waals surface area (Å²) in [5, 5.41) is 14.8. The molecule has 14 nitrogen and oxygen atoms in total. The number of aromatic hydroxyl groups is 1. The van der Waals surface area contributed by atoms with Gasteiger partial charge in [0.2, 0.25) is 14.7 Å². The fourth-order valence-electron chi connectivity index (χ4n) is 4.87. The quantitative estimate of drug-likeness (QED) is 0.0663. The van der Waals surface area contributed by atoms with E-state index in [9.17, 15) is 33.6 Å². The lowest BCUT2D eigenvalue weighted by Crippen LogP contribution is -2.23. The van der Waals surface area contributed by atoms with Gasteiger partial charge in [-0.05, 0) is 88.7 Å². The standard InChI is InChI=1S/C20H26NO6P.C19H24NO6P/c1-15-9-17(12-25-2)7-8-18(15)13-26-20(22)21-11-16-5-4-6-19(10-16)27-14-28(3,23)24;1-3-15-10-17(21)8-7-16(15)12-25-19(22)20-11-14-5-4-6-18(9-14)26-13-27(2,23)24/h4-10H,11-14H2,1-3H3,(H,21,22)(H,23,24);4-10,21H,3,11-13H2,1-2H3,(H,20,22)(H,23,24). The Labute approximate surface area is 321 Å². The van der Waals surface area contributed by atoms with Gasteiger partial charge in [0.05, 0.1) is 6.61 Å². The number of ether oxygens (including phenoxy) is 5. The molecule has 5 N–H and O–H groups in total. The van der Waals surface area contributed by atoms with Crippen LogP contribution in [0.1, 0.15) is 45.9 Å². The summed E-state index contributed by atoms with van der Waals surface area (Å²) in [6.45, 7) is 7.70. The number of nitrogens with one attached hydrogen (secondary N) is 2. The van der Waals surface area contributed by atoms with E-state index in [1.165, 1.54) is 13.3 Å². The molecule has 0 aliphatic carbocycles. The number of methoxy groups -OCH3 is 1. The van der Waals surface area contributed by atoms with Crippen molar-refractivity contribution in [1.82, 2.24) is 10.6 Å². The molecule has 4 rings (SSSR count). The zero-order chi connectivity index (χ0) is 40.4. The van der Waals surface area contributed by atoms with Gasteiger partial charge in [-0.25, -0.2) is 9.59 Å². The Morgan fingerprint density at radius 2 is 1.16 bits per heavy atom. The van der Waals surface area contributed by atoms with Crippen LogP contribution in [-0.4, -0.2) is 60.2 Å². The van der Waals surface area contributed by atoms with E-state index < -0.39 is 26.9 Å². The van der Waals surface area contributed by atoms with Gasteiger partial charge in [0.15, 0.2) is 12.7 Å². The predicted molar refractivity (Wildman–Crippen MR) is 209 cm³/mol. The average molecular weight is 801 g/mol. The Kier molecular flexibility index (Phi) is 17.7. The number of phenols is 1. The molecule has 0 radical (unpaired) electrons. The number of hydrogen-bond acceptors (Lipinski definition) is 10. The van der Waals surface area contributed by atoms with Crippen molar-refractivity contribution in [2.75, 3.05) is 33.1 Å². The fourth-order valence-corrected chi connectivity index (χ4v) is 5.65. The molecule has 4 aromatic rings. The van der Waals surface area contributed by atoms with E-state index in [1.807, 2.05) is 38.1 Å². The molecule has 0 aliphatic rings. The van der Waals surface area contributed by atoms with Gasteiger partial charge < -0.3 is 49.2 Å².